The van der Waals surface area contributed by atoms with Crippen LogP contribution in [0.25, 0.3) is 33.5 Å². The van der Waals surface area contributed by atoms with Crippen molar-refractivity contribution in [3.63, 3.8) is 0 Å². The van der Waals surface area contributed by atoms with E-state index in [1.54, 1.807) is 13.1 Å². The van der Waals surface area contributed by atoms with E-state index in [4.69, 9.17) is 31.0 Å². The van der Waals surface area contributed by atoms with Crippen molar-refractivity contribution >= 4 is 32.4 Å². The van der Waals surface area contributed by atoms with Gasteiger partial charge in [0, 0.05) is 36.8 Å². The summed E-state index contributed by atoms with van der Waals surface area (Å²) in [7, 11) is -0.229. The topological polar surface area (TPSA) is 116 Å². The summed E-state index contributed by atoms with van der Waals surface area (Å²) in [6.07, 6.45) is -1.30. The van der Waals surface area contributed by atoms with Crippen LogP contribution in [0.3, 0.4) is 0 Å². The van der Waals surface area contributed by atoms with Crippen molar-refractivity contribution in [3.8, 4) is 28.4 Å². The predicted octanol–water partition coefficient (Wildman–Crippen LogP) is 5.83. The Bertz CT molecular complexity index is 1590. The lowest BCUT2D eigenvalue weighted by atomic mass is 10.0. The fourth-order valence-corrected chi connectivity index (χ4v) is 5.40. The molecule has 3 heterocycles. The molecule has 0 radical (unpaired) electrons. The van der Waals surface area contributed by atoms with Crippen LogP contribution >= 0.6 is 11.6 Å². The summed E-state index contributed by atoms with van der Waals surface area (Å²) in [5, 5.41) is 9.36. The van der Waals surface area contributed by atoms with Gasteiger partial charge in [0.05, 0.1) is 22.8 Å². The van der Waals surface area contributed by atoms with Crippen LogP contribution in [-0.2, 0) is 14.4 Å². The van der Waals surface area contributed by atoms with Gasteiger partial charge in [-0.05, 0) is 38.9 Å². The number of ether oxygens (including phenoxy) is 2. The summed E-state index contributed by atoms with van der Waals surface area (Å²) in [6.45, 7) is -0.724. The highest BCUT2D eigenvalue weighted by Crippen LogP contribution is 2.37. The second-order valence-corrected chi connectivity index (χ2v) is 12.0. The molecule has 0 spiro atoms. The molecule has 0 bridgehead atoms. The number of aromatic amines is 1. The summed E-state index contributed by atoms with van der Waals surface area (Å²) in [4.78, 5) is 12.5. The van der Waals surface area contributed by atoms with Crippen LogP contribution in [0.15, 0.2) is 63.9 Å². The molecule has 8 nitrogen and oxygen atoms in total. The lowest BCUT2D eigenvalue weighted by Crippen LogP contribution is -2.42. The predicted molar refractivity (Wildman–Crippen MR) is 143 cm³/mol. The fourth-order valence-electron chi connectivity index (χ4n) is 4.27. The van der Waals surface area contributed by atoms with E-state index in [1.807, 2.05) is 54.8 Å². The third-order valence-electron chi connectivity index (χ3n) is 6.53. The number of rotatable bonds is 7. The zero-order valence-corrected chi connectivity index (χ0v) is 22.2. The maximum absolute atomic E-state index is 14.5. The molecule has 1 fully saturated rings. The number of pyridine rings is 1. The molecule has 0 aliphatic carbocycles. The third kappa shape index (κ3) is 4.98. The van der Waals surface area contributed by atoms with Gasteiger partial charge in [-0.1, -0.05) is 48.0 Å². The van der Waals surface area contributed by atoms with E-state index >= 15 is 0 Å². The lowest BCUT2D eigenvalue weighted by molar-refractivity contribution is -0.110. The Morgan fingerprint density at radius 1 is 1.16 bits per heavy atom. The number of benzene rings is 2. The van der Waals surface area contributed by atoms with Gasteiger partial charge in [0.1, 0.15) is 6.10 Å². The van der Waals surface area contributed by atoms with Crippen molar-refractivity contribution < 1.29 is 23.4 Å². The molecular weight excluding hydrogens is 536 g/mol. The number of alkyl halides is 2. The second kappa shape index (κ2) is 10.2. The van der Waals surface area contributed by atoms with Crippen LogP contribution in [0.4, 0.5) is 8.78 Å². The first kappa shape index (κ1) is 26.5. The van der Waals surface area contributed by atoms with Gasteiger partial charge in [-0.2, -0.15) is 13.8 Å². The number of hydrogen-bond donors (Lipinski definition) is 3. The molecule has 38 heavy (non-hydrogen) atoms. The van der Waals surface area contributed by atoms with Crippen LogP contribution < -0.4 is 4.74 Å². The Morgan fingerprint density at radius 3 is 2.42 bits per heavy atom. The van der Waals surface area contributed by atoms with E-state index < -0.39 is 34.4 Å². The van der Waals surface area contributed by atoms with E-state index in [0.717, 1.165) is 21.6 Å². The summed E-state index contributed by atoms with van der Waals surface area (Å²) >= 11 is 6.51. The molecule has 1 aliphatic rings. The summed E-state index contributed by atoms with van der Waals surface area (Å²) in [5.41, 5.74) is 3.97. The van der Waals surface area contributed by atoms with Gasteiger partial charge in [0.2, 0.25) is 0 Å². The third-order valence-corrected chi connectivity index (χ3v) is 8.74. The van der Waals surface area contributed by atoms with Gasteiger partial charge in [-0.25, -0.2) is 4.98 Å². The first-order valence-electron chi connectivity index (χ1n) is 11.8. The average molecular weight is 562 g/mol. The van der Waals surface area contributed by atoms with Crippen molar-refractivity contribution in [1.29, 1.82) is 4.78 Å². The lowest BCUT2D eigenvalue weighted by Gasteiger charge is -2.21. The summed E-state index contributed by atoms with van der Waals surface area (Å²) in [5.74, 6) is -3.27. The van der Waals surface area contributed by atoms with E-state index in [-0.39, 0.29) is 24.7 Å². The van der Waals surface area contributed by atoms with Crippen molar-refractivity contribution in [2.24, 2.45) is 4.36 Å². The summed E-state index contributed by atoms with van der Waals surface area (Å²) in [6, 6.07) is 17.0. The number of halogens is 3. The first-order chi connectivity index (χ1) is 18.1. The summed E-state index contributed by atoms with van der Waals surface area (Å²) < 4.78 is 52.1. The Kier molecular flexibility index (Phi) is 7.12. The molecule has 12 heteroatoms. The SMILES string of the molecule is CN=S(C)(=N)c1ccc(-c2ccc(-c3nc4nc(O[C@@H]5CO[C@H](CCO)C5(F)F)[nH]c4cc3Cl)cc2)cc1. The Labute approximate surface area is 223 Å². The van der Waals surface area contributed by atoms with Crippen LogP contribution in [0, 0.1) is 4.78 Å². The van der Waals surface area contributed by atoms with Gasteiger partial charge >= 0.3 is 5.92 Å². The van der Waals surface area contributed by atoms with Gasteiger partial charge in [0.15, 0.2) is 11.8 Å². The number of H-pyrrole nitrogens is 1. The Balaban J connectivity index is 1.37. The highest BCUT2D eigenvalue weighted by atomic mass is 35.5. The standard InChI is InChI=1S/C26H26ClF2N5O3S/c1-31-38(2,30)18-9-7-16(8-10-18)15-3-5-17(6-4-15)23-19(27)13-20-24(33-23)34-25(32-20)37-22-14-36-21(11-12-35)26(22,28)29/h3-10,13,21-22,30,35H,11-12,14H2,1-2H3,(H,32,33,34)/t21-,22-,38?/m1/s1. The quantitative estimate of drug-likeness (QED) is 0.262. The average Bonchev–Trinajstić information content (AvgIpc) is 3.43. The highest BCUT2D eigenvalue weighted by Gasteiger charge is 2.55. The van der Waals surface area contributed by atoms with Gasteiger partial charge in [0.25, 0.3) is 6.01 Å². The maximum Gasteiger partial charge on any atom is 0.312 e. The van der Waals surface area contributed by atoms with Crippen LogP contribution in [0.1, 0.15) is 6.42 Å². The van der Waals surface area contributed by atoms with Gasteiger partial charge < -0.3 is 19.6 Å². The van der Waals surface area contributed by atoms with E-state index in [1.165, 1.54) is 0 Å². The fraction of sp³-hybridized carbons (Fsp3) is 0.308. The number of fused-ring (bicyclic) bond motifs is 1. The van der Waals surface area contributed by atoms with Gasteiger partial charge in [-0.3, -0.25) is 9.14 Å². The van der Waals surface area contributed by atoms with Crippen molar-refractivity contribution in [2.75, 3.05) is 26.5 Å². The Hall–Kier alpha value is -3.12. The normalized spacial score (nSPS) is 20.4. The zero-order valence-electron chi connectivity index (χ0n) is 20.6. The molecule has 4 aromatic rings. The van der Waals surface area contributed by atoms with Crippen LogP contribution in [0.5, 0.6) is 6.01 Å². The molecule has 2 aromatic carbocycles. The molecule has 1 saturated heterocycles. The molecule has 200 valence electrons. The van der Waals surface area contributed by atoms with E-state index in [0.29, 0.717) is 16.2 Å². The largest absolute Gasteiger partial charge is 0.452 e. The number of aliphatic hydroxyl groups excluding tert-OH is 1. The first-order valence-corrected chi connectivity index (χ1v) is 14.2. The monoisotopic (exact) mass is 561 g/mol. The molecule has 1 unspecified atom stereocenters. The molecular formula is C26H26ClF2N5O3S. The van der Waals surface area contributed by atoms with E-state index in [9.17, 15) is 8.78 Å². The highest BCUT2D eigenvalue weighted by molar-refractivity contribution is 7.94. The molecule has 2 aromatic heterocycles. The molecule has 3 N–H and O–H groups in total. The zero-order chi connectivity index (χ0) is 27.1. The van der Waals surface area contributed by atoms with Crippen molar-refractivity contribution in [3.05, 3.63) is 59.6 Å². The minimum Gasteiger partial charge on any atom is -0.452 e. The minimum absolute atomic E-state index is 0.112. The number of nitrogens with one attached hydrogen (secondary N) is 2. The number of imidazole rings is 1. The number of hydrogen-bond acceptors (Lipinski definition) is 7. The minimum atomic E-state index is -3.27. The Morgan fingerprint density at radius 2 is 1.79 bits per heavy atom. The molecule has 1 aliphatic heterocycles. The second-order valence-electron chi connectivity index (χ2n) is 9.01. The molecule has 5 rings (SSSR count). The molecule has 3 atom stereocenters. The molecule has 0 saturated carbocycles. The van der Waals surface area contributed by atoms with E-state index in [2.05, 4.69) is 19.3 Å². The number of nitrogens with zero attached hydrogens (tertiary/aromatic N) is 3. The molecule has 0 amide bonds. The number of aromatic nitrogens is 3. The number of aliphatic hydroxyl groups is 1. The van der Waals surface area contributed by atoms with Crippen LogP contribution in [-0.4, -0.2) is 64.7 Å². The van der Waals surface area contributed by atoms with Crippen molar-refractivity contribution in [1.82, 2.24) is 15.0 Å². The van der Waals surface area contributed by atoms with Crippen LogP contribution in [0.2, 0.25) is 5.02 Å². The smallest absolute Gasteiger partial charge is 0.312 e. The van der Waals surface area contributed by atoms with Gasteiger partial charge in [-0.15, -0.1) is 0 Å². The van der Waals surface area contributed by atoms with Crippen molar-refractivity contribution in [2.45, 2.75) is 29.4 Å². The maximum atomic E-state index is 14.5.